The monoisotopic (exact) mass is 411 g/mol. The van der Waals surface area contributed by atoms with Gasteiger partial charge in [0.05, 0.1) is 12.8 Å². The highest BCUT2D eigenvalue weighted by molar-refractivity contribution is 14.1. The van der Waals surface area contributed by atoms with E-state index in [1.807, 2.05) is 37.3 Å². The van der Waals surface area contributed by atoms with E-state index < -0.39 is 6.09 Å². The first-order chi connectivity index (χ1) is 10.5. The Balaban J connectivity index is 2.18. The van der Waals surface area contributed by atoms with Crippen LogP contribution in [0.2, 0.25) is 0 Å². The van der Waals surface area contributed by atoms with Crippen LogP contribution in [0.25, 0.3) is 0 Å². The Kier molecular flexibility index (Phi) is 5.65. The quantitative estimate of drug-likeness (QED) is 0.745. The van der Waals surface area contributed by atoms with Crippen molar-refractivity contribution in [2.24, 2.45) is 0 Å². The zero-order valence-corrected chi connectivity index (χ0v) is 14.9. The third-order valence-corrected chi connectivity index (χ3v) is 4.12. The van der Waals surface area contributed by atoms with Gasteiger partial charge in [0.25, 0.3) is 0 Å². The molecule has 2 aromatic rings. The molecule has 22 heavy (non-hydrogen) atoms. The number of amides is 1. The molecule has 4 nitrogen and oxygen atoms in total. The molecule has 2 aromatic carbocycles. The van der Waals surface area contributed by atoms with E-state index in [1.165, 1.54) is 12.7 Å². The summed E-state index contributed by atoms with van der Waals surface area (Å²) in [5.41, 5.74) is 3.91. The van der Waals surface area contributed by atoms with Crippen molar-refractivity contribution >= 4 is 34.4 Å². The second-order valence-electron chi connectivity index (χ2n) is 4.95. The lowest BCUT2D eigenvalue weighted by molar-refractivity contribution is 0.187. The maximum absolute atomic E-state index is 11.5. The van der Waals surface area contributed by atoms with Crippen molar-refractivity contribution in [1.82, 2.24) is 0 Å². The summed E-state index contributed by atoms with van der Waals surface area (Å²) in [6, 6.07) is 11.8. The summed E-state index contributed by atoms with van der Waals surface area (Å²) < 4.78 is 11.5. The predicted molar refractivity (Wildman–Crippen MR) is 95.4 cm³/mol. The average molecular weight is 411 g/mol. The fraction of sp³-hybridized carbons (Fsp3) is 0.235. The number of carbonyl (C=O) groups excluding carboxylic acids is 1. The van der Waals surface area contributed by atoms with Gasteiger partial charge >= 0.3 is 6.09 Å². The minimum absolute atomic E-state index is 0.375. The van der Waals surface area contributed by atoms with Gasteiger partial charge in [0.1, 0.15) is 12.4 Å². The van der Waals surface area contributed by atoms with Crippen molar-refractivity contribution in [3.8, 4) is 5.75 Å². The molecule has 0 fully saturated rings. The Hall–Kier alpha value is -1.76. The molecule has 0 aliphatic rings. The number of methoxy groups -OCH3 is 1. The minimum Gasteiger partial charge on any atom is -0.489 e. The van der Waals surface area contributed by atoms with E-state index in [0.29, 0.717) is 6.61 Å². The molecule has 1 N–H and O–H groups in total. The van der Waals surface area contributed by atoms with E-state index in [9.17, 15) is 4.79 Å². The number of anilines is 1. The van der Waals surface area contributed by atoms with Crippen LogP contribution >= 0.6 is 22.6 Å². The number of halogens is 1. The second kappa shape index (κ2) is 7.49. The Morgan fingerprint density at radius 2 is 2.00 bits per heavy atom. The maximum Gasteiger partial charge on any atom is 0.411 e. The van der Waals surface area contributed by atoms with Crippen LogP contribution < -0.4 is 10.1 Å². The van der Waals surface area contributed by atoms with Crippen LogP contribution in [0.3, 0.4) is 0 Å². The van der Waals surface area contributed by atoms with E-state index in [2.05, 4.69) is 45.6 Å². The number of para-hydroxylation sites is 1. The molecule has 0 radical (unpaired) electrons. The summed E-state index contributed by atoms with van der Waals surface area (Å²) in [6.45, 7) is 4.44. The topological polar surface area (TPSA) is 47.6 Å². The van der Waals surface area contributed by atoms with Gasteiger partial charge in [-0.05, 0) is 54.1 Å². The summed E-state index contributed by atoms with van der Waals surface area (Å²) in [5.74, 6) is 0.841. The molecule has 1 amide bonds. The highest BCUT2D eigenvalue weighted by Gasteiger charge is 2.11. The molecule has 0 aliphatic carbocycles. The summed E-state index contributed by atoms with van der Waals surface area (Å²) in [6.07, 6.45) is -0.489. The molecule has 0 heterocycles. The van der Waals surface area contributed by atoms with Crippen LogP contribution in [0.1, 0.15) is 16.7 Å². The Labute approximate surface area is 144 Å². The number of hydrogen-bond acceptors (Lipinski definition) is 3. The van der Waals surface area contributed by atoms with Gasteiger partial charge in [-0.25, -0.2) is 4.79 Å². The summed E-state index contributed by atoms with van der Waals surface area (Å²) >= 11 is 2.18. The number of hydrogen-bond donors (Lipinski definition) is 1. The fourth-order valence-electron chi connectivity index (χ4n) is 2.10. The fourth-order valence-corrected chi connectivity index (χ4v) is 2.79. The first-order valence-electron chi connectivity index (χ1n) is 6.83. The largest absolute Gasteiger partial charge is 0.489 e. The van der Waals surface area contributed by atoms with Crippen LogP contribution in [0.5, 0.6) is 5.75 Å². The molecule has 5 heteroatoms. The summed E-state index contributed by atoms with van der Waals surface area (Å²) in [5, 5.41) is 2.74. The van der Waals surface area contributed by atoms with E-state index >= 15 is 0 Å². The van der Waals surface area contributed by atoms with Crippen molar-refractivity contribution in [3.63, 3.8) is 0 Å². The van der Waals surface area contributed by atoms with E-state index in [4.69, 9.17) is 4.74 Å². The molecule has 0 aliphatic heterocycles. The molecular weight excluding hydrogens is 393 g/mol. The molecule has 0 saturated heterocycles. The normalized spacial score (nSPS) is 10.2. The second-order valence-corrected chi connectivity index (χ2v) is 6.11. The number of rotatable bonds is 4. The zero-order valence-electron chi connectivity index (χ0n) is 12.8. The molecular formula is C17H18INO3. The molecule has 0 saturated carbocycles. The Bertz CT molecular complexity index is 686. The maximum atomic E-state index is 11.5. The van der Waals surface area contributed by atoms with Gasteiger partial charge in [0.2, 0.25) is 0 Å². The van der Waals surface area contributed by atoms with Gasteiger partial charge in [-0.1, -0.05) is 29.8 Å². The van der Waals surface area contributed by atoms with Gasteiger partial charge in [0.15, 0.2) is 0 Å². The van der Waals surface area contributed by atoms with Gasteiger partial charge < -0.3 is 9.47 Å². The average Bonchev–Trinajstić information content (AvgIpc) is 2.49. The number of carbonyl (C=O) groups is 1. The standard InChI is InChI=1S/C17H18INO3/c1-11-7-8-15(12(2)9-11)22-10-13-5-4-6-14(18)16(13)19-17(20)21-3/h4-9H,10H2,1-3H3,(H,19,20). The number of benzene rings is 2. The van der Waals surface area contributed by atoms with Crippen LogP contribution in [-0.2, 0) is 11.3 Å². The SMILES string of the molecule is COC(=O)Nc1c(I)cccc1COc1ccc(C)cc1C. The highest BCUT2D eigenvalue weighted by atomic mass is 127. The van der Waals surface area contributed by atoms with E-state index in [0.717, 1.165) is 26.1 Å². The molecule has 0 atom stereocenters. The smallest absolute Gasteiger partial charge is 0.411 e. The number of aryl methyl sites for hydroxylation is 2. The number of ether oxygens (including phenoxy) is 2. The Morgan fingerprint density at radius 3 is 2.68 bits per heavy atom. The van der Waals surface area contributed by atoms with Crippen molar-refractivity contribution in [3.05, 3.63) is 56.7 Å². The van der Waals surface area contributed by atoms with E-state index in [-0.39, 0.29) is 0 Å². The van der Waals surface area contributed by atoms with Crippen LogP contribution in [0, 0.1) is 17.4 Å². The van der Waals surface area contributed by atoms with Crippen molar-refractivity contribution < 1.29 is 14.3 Å². The highest BCUT2D eigenvalue weighted by Crippen LogP contribution is 2.26. The van der Waals surface area contributed by atoms with Gasteiger partial charge in [-0.2, -0.15) is 0 Å². The molecule has 0 unspecified atom stereocenters. The van der Waals surface area contributed by atoms with Crippen LogP contribution in [0.4, 0.5) is 10.5 Å². The zero-order chi connectivity index (χ0) is 16.1. The lowest BCUT2D eigenvalue weighted by Crippen LogP contribution is -2.14. The molecule has 0 bridgehead atoms. The third-order valence-electron chi connectivity index (χ3n) is 3.23. The number of nitrogens with one attached hydrogen (secondary N) is 1. The summed E-state index contributed by atoms with van der Waals surface area (Å²) in [4.78, 5) is 11.5. The van der Waals surface area contributed by atoms with Crippen molar-refractivity contribution in [2.45, 2.75) is 20.5 Å². The van der Waals surface area contributed by atoms with Crippen LogP contribution in [-0.4, -0.2) is 13.2 Å². The first-order valence-corrected chi connectivity index (χ1v) is 7.91. The summed E-state index contributed by atoms with van der Waals surface area (Å²) in [7, 11) is 1.34. The predicted octanol–water partition coefficient (Wildman–Crippen LogP) is 4.67. The van der Waals surface area contributed by atoms with Gasteiger partial charge in [0, 0.05) is 9.13 Å². The first kappa shape index (κ1) is 16.6. The molecule has 2 rings (SSSR count). The Morgan fingerprint density at radius 1 is 1.23 bits per heavy atom. The minimum atomic E-state index is -0.489. The lowest BCUT2D eigenvalue weighted by atomic mass is 10.1. The molecule has 116 valence electrons. The molecule has 0 spiro atoms. The van der Waals surface area contributed by atoms with Gasteiger partial charge in [-0.15, -0.1) is 0 Å². The van der Waals surface area contributed by atoms with Crippen LogP contribution in [0.15, 0.2) is 36.4 Å². The third kappa shape index (κ3) is 4.13. The van der Waals surface area contributed by atoms with Gasteiger partial charge in [-0.3, -0.25) is 5.32 Å². The van der Waals surface area contributed by atoms with E-state index in [1.54, 1.807) is 0 Å². The van der Waals surface area contributed by atoms with Crippen molar-refractivity contribution in [2.75, 3.05) is 12.4 Å². The van der Waals surface area contributed by atoms with Crippen molar-refractivity contribution in [1.29, 1.82) is 0 Å². The molecule has 0 aromatic heterocycles. The lowest BCUT2D eigenvalue weighted by Gasteiger charge is -2.14.